The predicted octanol–water partition coefficient (Wildman–Crippen LogP) is 2.05. The van der Waals surface area contributed by atoms with E-state index >= 15 is 0 Å². The molecular formula is C24H28FN3O5S. The van der Waals surface area contributed by atoms with Crippen LogP contribution in [0.1, 0.15) is 28.1 Å². The third-order valence-electron chi connectivity index (χ3n) is 6.28. The second-order valence-electron chi connectivity index (χ2n) is 8.38. The van der Waals surface area contributed by atoms with Crippen molar-refractivity contribution in [3.63, 3.8) is 0 Å². The smallest absolute Gasteiger partial charge is 0.256 e. The van der Waals surface area contributed by atoms with E-state index < -0.39 is 23.5 Å². The largest absolute Gasteiger partial charge is 0.383 e. The maximum Gasteiger partial charge on any atom is 0.256 e. The molecule has 0 saturated carbocycles. The van der Waals surface area contributed by atoms with Crippen molar-refractivity contribution in [1.29, 1.82) is 0 Å². The van der Waals surface area contributed by atoms with Crippen LogP contribution in [0.4, 0.5) is 4.39 Å². The van der Waals surface area contributed by atoms with Crippen LogP contribution in [0.3, 0.4) is 0 Å². The number of benzene rings is 1. The quantitative estimate of drug-likeness (QED) is 0.602. The summed E-state index contributed by atoms with van der Waals surface area (Å²) in [7, 11) is 1.54. The molecule has 1 unspecified atom stereocenters. The summed E-state index contributed by atoms with van der Waals surface area (Å²) < 4.78 is 24.6. The number of hydrogen-bond donors (Lipinski definition) is 1. The lowest BCUT2D eigenvalue weighted by Crippen LogP contribution is -2.60. The molecule has 1 spiro atoms. The maximum atomic E-state index is 13.5. The number of nitrogens with one attached hydrogen (secondary N) is 1. The minimum absolute atomic E-state index is 0.0283. The van der Waals surface area contributed by atoms with Crippen LogP contribution >= 0.6 is 11.3 Å². The van der Waals surface area contributed by atoms with E-state index in [1.54, 1.807) is 16.2 Å². The van der Waals surface area contributed by atoms with Gasteiger partial charge in [0.15, 0.2) is 0 Å². The number of methoxy groups -OCH3 is 1. The molecule has 1 aromatic heterocycles. The lowest BCUT2D eigenvalue weighted by atomic mass is 9.96. The van der Waals surface area contributed by atoms with E-state index in [1.807, 2.05) is 17.5 Å². The highest BCUT2D eigenvalue weighted by Gasteiger charge is 2.54. The van der Waals surface area contributed by atoms with Crippen LogP contribution in [-0.4, -0.2) is 79.2 Å². The highest BCUT2D eigenvalue weighted by molar-refractivity contribution is 7.10. The molecule has 0 radical (unpaired) electrons. The van der Waals surface area contributed by atoms with E-state index in [0.29, 0.717) is 45.5 Å². The van der Waals surface area contributed by atoms with E-state index in [-0.39, 0.29) is 24.0 Å². The number of halogens is 1. The monoisotopic (exact) mass is 489 g/mol. The van der Waals surface area contributed by atoms with Crippen molar-refractivity contribution in [1.82, 2.24) is 15.1 Å². The Balaban J connectivity index is 1.51. The van der Waals surface area contributed by atoms with E-state index in [0.717, 1.165) is 4.88 Å². The minimum atomic E-state index is -1.01. The first-order chi connectivity index (χ1) is 16.4. The van der Waals surface area contributed by atoms with Crippen LogP contribution in [0.25, 0.3) is 0 Å². The van der Waals surface area contributed by atoms with Gasteiger partial charge in [-0.25, -0.2) is 4.39 Å². The summed E-state index contributed by atoms with van der Waals surface area (Å²) in [6.07, 6.45) is 1.12. The molecule has 2 saturated heterocycles. The van der Waals surface area contributed by atoms with Crippen molar-refractivity contribution in [3.8, 4) is 0 Å². The summed E-state index contributed by atoms with van der Waals surface area (Å²) in [5.74, 6) is -1.15. The van der Waals surface area contributed by atoms with Crippen molar-refractivity contribution < 1.29 is 28.2 Å². The lowest BCUT2D eigenvalue weighted by Gasteiger charge is -2.44. The van der Waals surface area contributed by atoms with E-state index in [4.69, 9.17) is 9.47 Å². The number of thiophene rings is 1. The molecule has 3 heterocycles. The Hall–Kier alpha value is -2.82. The molecule has 1 N–H and O–H groups in total. The van der Waals surface area contributed by atoms with Gasteiger partial charge in [-0.3, -0.25) is 19.3 Å². The summed E-state index contributed by atoms with van der Waals surface area (Å²) in [6, 6.07) is 8.27. The van der Waals surface area contributed by atoms with Gasteiger partial charge in [0.05, 0.1) is 19.6 Å². The van der Waals surface area contributed by atoms with Crippen LogP contribution in [0.15, 0.2) is 41.8 Å². The third-order valence-corrected chi connectivity index (χ3v) is 7.16. The molecule has 34 heavy (non-hydrogen) atoms. The Kier molecular flexibility index (Phi) is 7.60. The van der Waals surface area contributed by atoms with E-state index in [2.05, 4.69) is 5.32 Å². The molecule has 2 aliphatic heterocycles. The van der Waals surface area contributed by atoms with Gasteiger partial charge in [-0.2, -0.15) is 0 Å². The van der Waals surface area contributed by atoms with Crippen LogP contribution in [0.5, 0.6) is 0 Å². The zero-order valence-corrected chi connectivity index (χ0v) is 19.8. The van der Waals surface area contributed by atoms with Gasteiger partial charge in [0.1, 0.15) is 17.6 Å². The van der Waals surface area contributed by atoms with Crippen LogP contribution < -0.4 is 5.32 Å². The van der Waals surface area contributed by atoms with Gasteiger partial charge in [0.2, 0.25) is 11.8 Å². The molecule has 0 bridgehead atoms. The zero-order chi connectivity index (χ0) is 24.1. The number of carbonyl (C=O) groups excluding carboxylic acids is 3. The van der Waals surface area contributed by atoms with E-state index in [9.17, 15) is 18.8 Å². The van der Waals surface area contributed by atoms with Gasteiger partial charge in [0.25, 0.3) is 5.91 Å². The summed E-state index contributed by atoms with van der Waals surface area (Å²) in [4.78, 5) is 43.5. The summed E-state index contributed by atoms with van der Waals surface area (Å²) in [5.41, 5.74) is -0.730. The van der Waals surface area contributed by atoms with E-state index in [1.165, 1.54) is 36.3 Å². The molecule has 0 aliphatic carbocycles. The molecular weight excluding hydrogens is 461 g/mol. The third kappa shape index (κ3) is 5.13. The fraction of sp³-hybridized carbons (Fsp3) is 0.458. The van der Waals surface area contributed by atoms with Gasteiger partial charge in [-0.15, -0.1) is 11.3 Å². The highest BCUT2D eigenvalue weighted by atomic mass is 32.1. The first-order valence-corrected chi connectivity index (χ1v) is 12.1. The molecule has 4 rings (SSSR count). The van der Waals surface area contributed by atoms with Gasteiger partial charge < -0.3 is 19.7 Å². The second-order valence-corrected chi connectivity index (χ2v) is 9.41. The first kappa shape index (κ1) is 24.3. The number of nitrogens with zero attached hydrogens (tertiary/aromatic N) is 2. The molecule has 10 heteroatoms. The maximum absolute atomic E-state index is 13.5. The van der Waals surface area contributed by atoms with Crippen LogP contribution in [0, 0.1) is 5.82 Å². The highest BCUT2D eigenvalue weighted by Crippen LogP contribution is 2.38. The van der Waals surface area contributed by atoms with Crippen LogP contribution in [0.2, 0.25) is 0 Å². The predicted molar refractivity (Wildman–Crippen MR) is 124 cm³/mol. The number of hydrogen-bond acceptors (Lipinski definition) is 6. The molecule has 1 aromatic carbocycles. The average Bonchev–Trinajstić information content (AvgIpc) is 3.48. The number of piperidine rings is 1. The number of carbonyl (C=O) groups is 3. The van der Waals surface area contributed by atoms with Crippen molar-refractivity contribution in [3.05, 3.63) is 58.0 Å². The molecule has 2 fully saturated rings. The molecule has 182 valence electrons. The van der Waals surface area contributed by atoms with Crippen molar-refractivity contribution in [2.45, 2.75) is 31.0 Å². The van der Waals surface area contributed by atoms with Gasteiger partial charge in [-0.05, 0) is 35.7 Å². The Labute approximate surface area is 201 Å². The molecule has 2 aromatic rings. The van der Waals surface area contributed by atoms with Crippen molar-refractivity contribution in [2.24, 2.45) is 0 Å². The average molecular weight is 490 g/mol. The molecule has 3 amide bonds. The summed E-state index contributed by atoms with van der Waals surface area (Å²) in [6.45, 7) is 1.53. The standard InChI is InChI=1S/C24H28FN3O5S/c1-32-13-10-26-22(30)20-16-33-24(28(20)23(31)17-4-6-18(25)7-5-17)8-11-27(12-9-24)21(29)15-19-3-2-14-34-19/h2-7,14,20H,8-13,15-16H2,1H3,(H,26,30). The fourth-order valence-corrected chi connectivity index (χ4v) is 5.17. The molecule has 2 aliphatic rings. The summed E-state index contributed by atoms with van der Waals surface area (Å²) >= 11 is 1.54. The second kappa shape index (κ2) is 10.6. The summed E-state index contributed by atoms with van der Waals surface area (Å²) in [5, 5.41) is 4.72. The van der Waals surface area contributed by atoms with Gasteiger partial charge >= 0.3 is 0 Å². The Morgan fingerprint density at radius 2 is 1.94 bits per heavy atom. The number of rotatable bonds is 7. The SMILES string of the molecule is COCCNC(=O)C1COC2(CCN(C(=O)Cc3cccs3)CC2)N1C(=O)c1ccc(F)cc1. The molecule has 8 nitrogen and oxygen atoms in total. The minimum Gasteiger partial charge on any atom is -0.383 e. The van der Waals surface area contributed by atoms with Gasteiger partial charge in [0, 0.05) is 50.0 Å². The normalized spacial score (nSPS) is 19.4. The zero-order valence-electron chi connectivity index (χ0n) is 19.0. The number of ether oxygens (including phenoxy) is 2. The Morgan fingerprint density at radius 1 is 1.21 bits per heavy atom. The fourth-order valence-electron chi connectivity index (χ4n) is 4.47. The topological polar surface area (TPSA) is 88.2 Å². The first-order valence-electron chi connectivity index (χ1n) is 11.2. The van der Waals surface area contributed by atoms with Gasteiger partial charge in [-0.1, -0.05) is 6.07 Å². The van der Waals surface area contributed by atoms with Crippen molar-refractivity contribution in [2.75, 3.05) is 40.0 Å². The number of likely N-dealkylation sites (tertiary alicyclic amines) is 1. The Morgan fingerprint density at radius 3 is 2.59 bits per heavy atom. The molecule has 1 atom stereocenters. The van der Waals surface area contributed by atoms with Crippen molar-refractivity contribution >= 4 is 29.1 Å². The van der Waals surface area contributed by atoms with Crippen LogP contribution in [-0.2, 0) is 25.5 Å². The Bertz CT molecular complexity index is 1010. The lowest BCUT2D eigenvalue weighted by molar-refractivity contribution is -0.143. The number of amides is 3.